The highest BCUT2D eigenvalue weighted by atomic mass is 19.1. The topological polar surface area (TPSA) is 52.5 Å². The number of aromatic nitrogens is 2. The normalized spacial score (nSPS) is 18.4. The summed E-state index contributed by atoms with van der Waals surface area (Å²) >= 11 is 0. The van der Waals surface area contributed by atoms with E-state index in [9.17, 15) is 9.50 Å². The number of halogens is 1. The maximum absolute atomic E-state index is 13.4. The van der Waals surface area contributed by atoms with E-state index in [4.69, 9.17) is 4.98 Å². The molecule has 29 heavy (non-hydrogen) atoms. The molecule has 0 saturated carbocycles. The smallest absolute Gasteiger partial charge is 0.123 e. The number of aliphatic hydroxyl groups excluding tert-OH is 1. The van der Waals surface area contributed by atoms with E-state index in [-0.39, 0.29) is 18.5 Å². The number of nitrogens with zero attached hydrogens (tertiary/aromatic N) is 4. The fraction of sp³-hybridized carbons (Fsp3) is 0.391. The van der Waals surface area contributed by atoms with Crippen molar-refractivity contribution in [2.45, 2.75) is 32.5 Å². The molecule has 1 aromatic carbocycles. The molecule has 0 bridgehead atoms. The van der Waals surface area contributed by atoms with Gasteiger partial charge in [-0.1, -0.05) is 12.1 Å². The van der Waals surface area contributed by atoms with Crippen LogP contribution in [-0.2, 0) is 13.1 Å². The third-order valence-corrected chi connectivity index (χ3v) is 5.56. The van der Waals surface area contributed by atoms with Crippen LogP contribution in [0.5, 0.6) is 0 Å². The zero-order valence-electron chi connectivity index (χ0n) is 16.8. The number of hydrogen-bond acceptors (Lipinski definition) is 5. The van der Waals surface area contributed by atoms with Crippen molar-refractivity contribution in [3.63, 3.8) is 0 Å². The van der Waals surface area contributed by atoms with Crippen LogP contribution < -0.4 is 0 Å². The van der Waals surface area contributed by atoms with E-state index >= 15 is 0 Å². The summed E-state index contributed by atoms with van der Waals surface area (Å²) in [5, 5.41) is 10.4. The number of benzene rings is 1. The second-order valence-corrected chi connectivity index (χ2v) is 7.78. The van der Waals surface area contributed by atoms with Gasteiger partial charge in [-0.15, -0.1) is 0 Å². The second kappa shape index (κ2) is 8.95. The molecule has 1 atom stereocenters. The third-order valence-electron chi connectivity index (χ3n) is 5.56. The van der Waals surface area contributed by atoms with Crippen molar-refractivity contribution < 1.29 is 9.50 Å². The maximum atomic E-state index is 13.4. The van der Waals surface area contributed by atoms with Crippen LogP contribution in [0.25, 0.3) is 10.9 Å². The number of aryl methyl sites for hydroxylation is 1. The van der Waals surface area contributed by atoms with Crippen molar-refractivity contribution in [1.29, 1.82) is 0 Å². The summed E-state index contributed by atoms with van der Waals surface area (Å²) in [5.74, 6) is -0.238. The first kappa shape index (κ1) is 19.9. The lowest BCUT2D eigenvalue weighted by Crippen LogP contribution is -2.52. The van der Waals surface area contributed by atoms with Gasteiger partial charge in [0.15, 0.2) is 0 Å². The van der Waals surface area contributed by atoms with Gasteiger partial charge in [0.1, 0.15) is 5.82 Å². The number of fused-ring (bicyclic) bond motifs is 1. The molecule has 3 aromatic rings. The standard InChI is InChI=1S/C23H27FN4O/c1-17-3-2-4-20(25-17)15-28-11-10-27(16-22(28)9-12-29)14-21-7-5-18-13-19(24)6-8-23(18)26-21/h2-8,13,22,29H,9-12,14-16H2,1H3/t22-/m0/s1. The molecule has 0 aliphatic carbocycles. The first-order valence-electron chi connectivity index (χ1n) is 10.2. The molecular weight excluding hydrogens is 367 g/mol. The molecule has 0 radical (unpaired) electrons. The predicted molar refractivity (Wildman–Crippen MR) is 112 cm³/mol. The van der Waals surface area contributed by atoms with Crippen molar-refractivity contribution >= 4 is 10.9 Å². The Kier molecular flexibility index (Phi) is 6.13. The fourth-order valence-corrected chi connectivity index (χ4v) is 4.08. The number of pyridine rings is 2. The zero-order chi connectivity index (χ0) is 20.2. The van der Waals surface area contributed by atoms with E-state index in [1.54, 1.807) is 6.07 Å². The molecule has 6 heteroatoms. The van der Waals surface area contributed by atoms with Gasteiger partial charge in [-0.05, 0) is 49.7 Å². The average Bonchev–Trinajstić information content (AvgIpc) is 2.70. The van der Waals surface area contributed by atoms with Gasteiger partial charge in [0.05, 0.1) is 16.9 Å². The first-order valence-corrected chi connectivity index (χ1v) is 10.2. The van der Waals surface area contributed by atoms with Gasteiger partial charge in [-0.3, -0.25) is 19.8 Å². The van der Waals surface area contributed by atoms with Crippen LogP contribution in [0.15, 0.2) is 48.5 Å². The largest absolute Gasteiger partial charge is 0.396 e. The summed E-state index contributed by atoms with van der Waals surface area (Å²) in [7, 11) is 0. The molecule has 3 heterocycles. The van der Waals surface area contributed by atoms with Crippen molar-refractivity contribution in [2.75, 3.05) is 26.2 Å². The monoisotopic (exact) mass is 394 g/mol. The SMILES string of the molecule is Cc1cccc(CN2CCN(Cc3ccc4cc(F)ccc4n3)C[C@@H]2CCO)n1. The molecule has 2 aromatic heterocycles. The Labute approximate surface area is 170 Å². The lowest BCUT2D eigenvalue weighted by atomic mass is 10.1. The van der Waals surface area contributed by atoms with Crippen LogP contribution in [0.4, 0.5) is 4.39 Å². The highest BCUT2D eigenvalue weighted by Crippen LogP contribution is 2.19. The molecule has 1 aliphatic rings. The van der Waals surface area contributed by atoms with Crippen LogP contribution in [-0.4, -0.2) is 57.2 Å². The van der Waals surface area contributed by atoms with Gasteiger partial charge >= 0.3 is 0 Å². The highest BCUT2D eigenvalue weighted by Gasteiger charge is 2.27. The fourth-order valence-electron chi connectivity index (χ4n) is 4.08. The molecule has 0 spiro atoms. The minimum atomic E-state index is -0.238. The highest BCUT2D eigenvalue weighted by molar-refractivity contribution is 5.78. The molecule has 1 aliphatic heterocycles. The Balaban J connectivity index is 1.43. The average molecular weight is 394 g/mol. The van der Waals surface area contributed by atoms with Crippen LogP contribution in [0.2, 0.25) is 0 Å². The molecule has 1 N–H and O–H groups in total. The lowest BCUT2D eigenvalue weighted by Gasteiger charge is -2.41. The second-order valence-electron chi connectivity index (χ2n) is 7.78. The van der Waals surface area contributed by atoms with E-state index in [0.717, 1.165) is 67.1 Å². The molecule has 4 rings (SSSR count). The Morgan fingerprint density at radius 2 is 1.90 bits per heavy atom. The van der Waals surface area contributed by atoms with Gasteiger partial charge in [0.25, 0.3) is 0 Å². The van der Waals surface area contributed by atoms with Crippen molar-refractivity contribution in [2.24, 2.45) is 0 Å². The van der Waals surface area contributed by atoms with E-state index < -0.39 is 0 Å². The molecule has 1 fully saturated rings. The first-order chi connectivity index (χ1) is 14.1. The number of piperazine rings is 1. The zero-order valence-corrected chi connectivity index (χ0v) is 16.8. The van der Waals surface area contributed by atoms with Crippen molar-refractivity contribution in [3.8, 4) is 0 Å². The van der Waals surface area contributed by atoms with Crippen LogP contribution >= 0.6 is 0 Å². The van der Waals surface area contributed by atoms with Crippen molar-refractivity contribution in [1.82, 2.24) is 19.8 Å². The van der Waals surface area contributed by atoms with Gasteiger partial charge in [0.2, 0.25) is 0 Å². The van der Waals surface area contributed by atoms with Gasteiger partial charge in [-0.25, -0.2) is 4.39 Å². The molecule has 0 amide bonds. The minimum absolute atomic E-state index is 0.177. The Hall–Kier alpha value is -2.41. The van der Waals surface area contributed by atoms with Gasteiger partial charge < -0.3 is 5.11 Å². The van der Waals surface area contributed by atoms with Crippen LogP contribution in [0.1, 0.15) is 23.5 Å². The Bertz CT molecular complexity index is 980. The third kappa shape index (κ3) is 4.96. The Morgan fingerprint density at radius 3 is 2.72 bits per heavy atom. The summed E-state index contributed by atoms with van der Waals surface area (Å²) in [6.07, 6.45) is 0.743. The molecule has 5 nitrogen and oxygen atoms in total. The lowest BCUT2D eigenvalue weighted by molar-refractivity contribution is 0.0486. The summed E-state index contributed by atoms with van der Waals surface area (Å²) in [5.41, 5.74) is 3.91. The minimum Gasteiger partial charge on any atom is -0.396 e. The molecule has 1 saturated heterocycles. The van der Waals surface area contributed by atoms with Crippen LogP contribution in [0.3, 0.4) is 0 Å². The van der Waals surface area contributed by atoms with Gasteiger partial charge in [-0.2, -0.15) is 0 Å². The summed E-state index contributed by atoms with van der Waals surface area (Å²) < 4.78 is 13.4. The number of rotatable bonds is 6. The van der Waals surface area contributed by atoms with Crippen molar-refractivity contribution in [3.05, 3.63) is 71.4 Å². The molecule has 152 valence electrons. The quantitative estimate of drug-likeness (QED) is 0.696. The van der Waals surface area contributed by atoms with E-state index in [0.29, 0.717) is 0 Å². The number of aliphatic hydroxyl groups is 1. The van der Waals surface area contributed by atoms with E-state index in [1.165, 1.54) is 12.1 Å². The summed E-state index contributed by atoms with van der Waals surface area (Å²) in [4.78, 5) is 14.1. The Morgan fingerprint density at radius 1 is 1.03 bits per heavy atom. The van der Waals surface area contributed by atoms with Crippen LogP contribution in [0, 0.1) is 12.7 Å². The summed E-state index contributed by atoms with van der Waals surface area (Å²) in [6, 6.07) is 15.0. The van der Waals surface area contributed by atoms with E-state index in [1.807, 2.05) is 31.2 Å². The molecule has 0 unspecified atom stereocenters. The number of hydrogen-bond donors (Lipinski definition) is 1. The molecular formula is C23H27FN4O. The van der Waals surface area contributed by atoms with E-state index in [2.05, 4.69) is 20.9 Å². The predicted octanol–water partition coefficient (Wildman–Crippen LogP) is 3.15. The summed E-state index contributed by atoms with van der Waals surface area (Å²) in [6.45, 7) is 6.50. The van der Waals surface area contributed by atoms with Gasteiger partial charge in [0, 0.05) is 56.5 Å². The maximum Gasteiger partial charge on any atom is 0.123 e.